The summed E-state index contributed by atoms with van der Waals surface area (Å²) in [6, 6.07) is 12.8. The molecular formula is C21H26N2O5. The number of non-ortho nitro benzene ring substituents is 1. The number of carbonyl (C=O) groups excluding carboxylic acids is 1. The van der Waals surface area contributed by atoms with Gasteiger partial charge in [-0.05, 0) is 30.7 Å². The monoisotopic (exact) mass is 386 g/mol. The molecule has 0 spiro atoms. The first-order valence-electron chi connectivity index (χ1n) is 9.48. The van der Waals surface area contributed by atoms with Gasteiger partial charge in [-0.25, -0.2) is 0 Å². The van der Waals surface area contributed by atoms with Crippen molar-refractivity contribution in [3.05, 3.63) is 58.6 Å². The summed E-state index contributed by atoms with van der Waals surface area (Å²) in [6.07, 6.45) is 5.88. The summed E-state index contributed by atoms with van der Waals surface area (Å²) in [6.45, 7) is 2.68. The van der Waals surface area contributed by atoms with Crippen LogP contribution in [-0.4, -0.2) is 24.0 Å². The zero-order chi connectivity index (χ0) is 20.2. The lowest BCUT2D eigenvalue weighted by Gasteiger charge is -2.10. The van der Waals surface area contributed by atoms with Gasteiger partial charge in [0.05, 0.1) is 11.5 Å². The van der Waals surface area contributed by atoms with E-state index in [0.717, 1.165) is 12.8 Å². The zero-order valence-corrected chi connectivity index (χ0v) is 16.1. The number of carbonyl (C=O) groups is 1. The quantitative estimate of drug-likeness (QED) is 0.316. The van der Waals surface area contributed by atoms with Gasteiger partial charge in [0.1, 0.15) is 11.5 Å². The highest BCUT2D eigenvalue weighted by atomic mass is 16.6. The van der Waals surface area contributed by atoms with E-state index in [0.29, 0.717) is 23.8 Å². The van der Waals surface area contributed by atoms with Gasteiger partial charge in [-0.15, -0.1) is 0 Å². The molecule has 0 atom stereocenters. The van der Waals surface area contributed by atoms with Crippen LogP contribution in [0.15, 0.2) is 48.5 Å². The maximum absolute atomic E-state index is 12.0. The largest absolute Gasteiger partial charge is 0.493 e. The number of nitro groups is 1. The van der Waals surface area contributed by atoms with Crippen LogP contribution < -0.4 is 14.8 Å². The van der Waals surface area contributed by atoms with Crippen molar-refractivity contribution in [3.63, 3.8) is 0 Å². The van der Waals surface area contributed by atoms with Crippen molar-refractivity contribution in [3.8, 4) is 11.5 Å². The van der Waals surface area contributed by atoms with Crippen molar-refractivity contribution in [1.82, 2.24) is 0 Å². The van der Waals surface area contributed by atoms with Crippen LogP contribution in [0, 0.1) is 10.1 Å². The molecule has 7 heteroatoms. The van der Waals surface area contributed by atoms with Crippen molar-refractivity contribution < 1.29 is 19.2 Å². The second-order valence-electron chi connectivity index (χ2n) is 6.38. The molecule has 0 radical (unpaired) electrons. The molecule has 0 saturated heterocycles. The molecule has 0 heterocycles. The maximum atomic E-state index is 12.0. The number of benzene rings is 2. The molecule has 2 rings (SSSR count). The highest BCUT2D eigenvalue weighted by Crippen LogP contribution is 2.20. The van der Waals surface area contributed by atoms with Crippen LogP contribution in [0.2, 0.25) is 0 Å². The third-order valence-electron chi connectivity index (χ3n) is 4.05. The number of nitrogens with one attached hydrogen (secondary N) is 1. The minimum atomic E-state index is -0.491. The minimum Gasteiger partial charge on any atom is -0.493 e. The number of nitrogens with zero attached hydrogens (tertiary/aromatic N) is 1. The zero-order valence-electron chi connectivity index (χ0n) is 16.1. The third kappa shape index (κ3) is 7.65. The van der Waals surface area contributed by atoms with E-state index < -0.39 is 4.92 Å². The number of amides is 1. The smallest absolute Gasteiger partial charge is 0.269 e. The first-order chi connectivity index (χ1) is 13.6. The number of hydrogen-bond donors (Lipinski definition) is 1. The fraction of sp³-hybridized carbons (Fsp3) is 0.381. The average molecular weight is 386 g/mol. The summed E-state index contributed by atoms with van der Waals surface area (Å²) in [7, 11) is 0. The Bertz CT molecular complexity index is 762. The molecule has 0 fully saturated rings. The normalized spacial score (nSPS) is 10.3. The Morgan fingerprint density at radius 1 is 1.00 bits per heavy atom. The number of ether oxygens (including phenoxy) is 2. The van der Waals surface area contributed by atoms with Gasteiger partial charge in [-0.3, -0.25) is 14.9 Å². The Kier molecular flexibility index (Phi) is 8.78. The summed E-state index contributed by atoms with van der Waals surface area (Å²) in [5, 5.41) is 13.3. The summed E-state index contributed by atoms with van der Waals surface area (Å²) in [5.41, 5.74) is 0.441. The summed E-state index contributed by atoms with van der Waals surface area (Å²) >= 11 is 0. The van der Waals surface area contributed by atoms with Crippen molar-refractivity contribution >= 4 is 17.3 Å². The van der Waals surface area contributed by atoms with Gasteiger partial charge < -0.3 is 14.8 Å². The Balaban J connectivity index is 1.74. The lowest BCUT2D eigenvalue weighted by Crippen LogP contribution is -2.20. The molecule has 2 aromatic carbocycles. The van der Waals surface area contributed by atoms with Crippen LogP contribution in [0.3, 0.4) is 0 Å². The molecule has 0 bridgehead atoms. The van der Waals surface area contributed by atoms with E-state index in [2.05, 4.69) is 12.2 Å². The standard InChI is InChI=1S/C21H26N2O5/c1-2-3-4-5-6-14-27-19-8-7-9-20(15-19)28-16-21(24)22-17-10-12-18(13-11-17)23(25)26/h7-13,15H,2-6,14,16H2,1H3,(H,22,24). The van der Waals surface area contributed by atoms with Crippen LogP contribution >= 0.6 is 0 Å². The van der Waals surface area contributed by atoms with E-state index in [-0.39, 0.29) is 18.2 Å². The summed E-state index contributed by atoms with van der Waals surface area (Å²) in [4.78, 5) is 22.1. The van der Waals surface area contributed by atoms with Crippen molar-refractivity contribution in [2.45, 2.75) is 39.0 Å². The molecule has 0 aliphatic carbocycles. The van der Waals surface area contributed by atoms with Gasteiger partial charge in [0.15, 0.2) is 6.61 Å². The van der Waals surface area contributed by atoms with Gasteiger partial charge in [-0.1, -0.05) is 38.7 Å². The first kappa shape index (κ1) is 21.2. The minimum absolute atomic E-state index is 0.0311. The Hall–Kier alpha value is -3.09. The van der Waals surface area contributed by atoms with E-state index in [9.17, 15) is 14.9 Å². The predicted octanol–water partition coefficient (Wildman–Crippen LogP) is 4.96. The molecule has 1 amide bonds. The lowest BCUT2D eigenvalue weighted by atomic mass is 10.2. The number of anilines is 1. The van der Waals surface area contributed by atoms with Gasteiger partial charge in [0.25, 0.3) is 11.6 Å². The van der Waals surface area contributed by atoms with Gasteiger partial charge in [-0.2, -0.15) is 0 Å². The molecule has 150 valence electrons. The molecular weight excluding hydrogens is 360 g/mol. The maximum Gasteiger partial charge on any atom is 0.269 e. The Labute approximate surface area is 164 Å². The van der Waals surface area contributed by atoms with Gasteiger partial charge in [0, 0.05) is 23.9 Å². The van der Waals surface area contributed by atoms with E-state index in [4.69, 9.17) is 9.47 Å². The van der Waals surface area contributed by atoms with Crippen LogP contribution in [0.25, 0.3) is 0 Å². The molecule has 0 saturated carbocycles. The number of unbranched alkanes of at least 4 members (excludes halogenated alkanes) is 4. The SMILES string of the molecule is CCCCCCCOc1cccc(OCC(=O)Nc2ccc([N+](=O)[O-])cc2)c1. The van der Waals surface area contributed by atoms with Crippen LogP contribution in [0.4, 0.5) is 11.4 Å². The van der Waals surface area contributed by atoms with E-state index in [1.807, 2.05) is 12.1 Å². The van der Waals surface area contributed by atoms with Gasteiger partial charge in [0.2, 0.25) is 0 Å². The molecule has 0 unspecified atom stereocenters. The fourth-order valence-electron chi connectivity index (χ4n) is 2.56. The molecule has 0 aromatic heterocycles. The van der Waals surface area contributed by atoms with Crippen LogP contribution in [0.1, 0.15) is 39.0 Å². The molecule has 0 aliphatic rings. The molecule has 28 heavy (non-hydrogen) atoms. The molecule has 0 aliphatic heterocycles. The molecule has 2 aromatic rings. The Morgan fingerprint density at radius 3 is 2.36 bits per heavy atom. The van der Waals surface area contributed by atoms with Crippen molar-refractivity contribution in [2.75, 3.05) is 18.5 Å². The molecule has 1 N–H and O–H groups in total. The first-order valence-corrected chi connectivity index (χ1v) is 9.48. The van der Waals surface area contributed by atoms with Crippen molar-refractivity contribution in [1.29, 1.82) is 0 Å². The summed E-state index contributed by atoms with van der Waals surface area (Å²) < 4.78 is 11.2. The third-order valence-corrected chi connectivity index (χ3v) is 4.05. The predicted molar refractivity (Wildman–Crippen MR) is 108 cm³/mol. The van der Waals surface area contributed by atoms with Crippen LogP contribution in [0.5, 0.6) is 11.5 Å². The lowest BCUT2D eigenvalue weighted by molar-refractivity contribution is -0.384. The highest BCUT2D eigenvalue weighted by molar-refractivity contribution is 5.91. The van der Waals surface area contributed by atoms with Gasteiger partial charge >= 0.3 is 0 Å². The van der Waals surface area contributed by atoms with Crippen LogP contribution in [-0.2, 0) is 4.79 Å². The number of nitro benzene ring substituents is 1. The van der Waals surface area contributed by atoms with E-state index >= 15 is 0 Å². The second-order valence-corrected chi connectivity index (χ2v) is 6.38. The topological polar surface area (TPSA) is 90.7 Å². The fourth-order valence-corrected chi connectivity index (χ4v) is 2.56. The number of hydrogen-bond acceptors (Lipinski definition) is 5. The van der Waals surface area contributed by atoms with Crippen molar-refractivity contribution in [2.24, 2.45) is 0 Å². The second kappa shape index (κ2) is 11.6. The van der Waals surface area contributed by atoms with E-state index in [1.165, 1.54) is 43.5 Å². The average Bonchev–Trinajstić information content (AvgIpc) is 2.70. The van der Waals surface area contributed by atoms with E-state index in [1.54, 1.807) is 12.1 Å². The number of rotatable bonds is 12. The molecule has 7 nitrogen and oxygen atoms in total. The Morgan fingerprint density at radius 2 is 1.68 bits per heavy atom. The highest BCUT2D eigenvalue weighted by Gasteiger charge is 2.07. The summed E-state index contributed by atoms with van der Waals surface area (Å²) in [5.74, 6) is 0.905.